The minimum Gasteiger partial charge on any atom is -0.494 e. The van der Waals surface area contributed by atoms with Crippen molar-refractivity contribution < 1.29 is 27.8 Å². The highest BCUT2D eigenvalue weighted by atomic mass is 19.1. The van der Waals surface area contributed by atoms with Gasteiger partial charge in [-0.2, -0.15) is 0 Å². The summed E-state index contributed by atoms with van der Waals surface area (Å²) in [4.78, 5) is 24.5. The van der Waals surface area contributed by atoms with Gasteiger partial charge in [0, 0.05) is 17.6 Å². The van der Waals surface area contributed by atoms with E-state index in [-0.39, 0.29) is 40.7 Å². The molecule has 1 aromatic carbocycles. The number of pyridine rings is 1. The lowest BCUT2D eigenvalue weighted by Crippen LogP contribution is -2.45. The highest BCUT2D eigenvalue weighted by Crippen LogP contribution is 2.37. The number of methoxy groups -OCH3 is 2. The second-order valence-electron chi connectivity index (χ2n) is 7.21. The van der Waals surface area contributed by atoms with Crippen LogP contribution in [0, 0.1) is 11.6 Å². The van der Waals surface area contributed by atoms with Gasteiger partial charge in [-0.05, 0) is 12.1 Å². The lowest BCUT2D eigenvalue weighted by Gasteiger charge is -2.19. The Balaban J connectivity index is 1.63. The molecule has 9 nitrogen and oxygen atoms in total. The lowest BCUT2D eigenvalue weighted by atomic mass is 10.1. The van der Waals surface area contributed by atoms with Crippen molar-refractivity contribution in [3.63, 3.8) is 0 Å². The van der Waals surface area contributed by atoms with Crippen molar-refractivity contribution in [2.24, 2.45) is 0 Å². The highest BCUT2D eigenvalue weighted by molar-refractivity contribution is 5.87. The Hall–Kier alpha value is -3.86. The second kappa shape index (κ2) is 9.33. The molecule has 0 bridgehead atoms. The summed E-state index contributed by atoms with van der Waals surface area (Å²) in [5.74, 6) is -2.13. The molecule has 3 aromatic rings. The Morgan fingerprint density at radius 1 is 1.12 bits per heavy atom. The number of fused-ring (bicyclic) bond motifs is 1. The van der Waals surface area contributed by atoms with E-state index in [0.29, 0.717) is 30.1 Å². The first-order valence-electron chi connectivity index (χ1n) is 9.95. The summed E-state index contributed by atoms with van der Waals surface area (Å²) in [5.41, 5.74) is 0.118. The van der Waals surface area contributed by atoms with Crippen LogP contribution >= 0.6 is 0 Å². The molecule has 1 aliphatic heterocycles. The number of aromatic nitrogens is 3. The molecule has 0 saturated carbocycles. The minimum absolute atomic E-state index is 0.0374. The van der Waals surface area contributed by atoms with Gasteiger partial charge in [0.05, 0.1) is 62.5 Å². The second-order valence-corrected chi connectivity index (χ2v) is 7.21. The fourth-order valence-electron chi connectivity index (χ4n) is 3.50. The van der Waals surface area contributed by atoms with Crippen molar-refractivity contribution in [2.75, 3.05) is 32.8 Å². The van der Waals surface area contributed by atoms with E-state index in [1.54, 1.807) is 0 Å². The molecule has 172 valence electrons. The van der Waals surface area contributed by atoms with Crippen LogP contribution in [0.25, 0.3) is 22.2 Å². The Labute approximate surface area is 187 Å². The molecule has 1 aliphatic rings. The summed E-state index contributed by atoms with van der Waals surface area (Å²) in [7, 11) is 2.55. The third-order valence-electron chi connectivity index (χ3n) is 5.20. The van der Waals surface area contributed by atoms with E-state index in [1.807, 2.05) is 0 Å². The van der Waals surface area contributed by atoms with Gasteiger partial charge in [0.1, 0.15) is 0 Å². The number of benzene rings is 1. The van der Waals surface area contributed by atoms with Gasteiger partial charge in [0.2, 0.25) is 11.9 Å². The van der Waals surface area contributed by atoms with Gasteiger partial charge in [-0.1, -0.05) is 6.58 Å². The van der Waals surface area contributed by atoms with Gasteiger partial charge in [0.25, 0.3) is 0 Å². The molecule has 0 radical (unpaired) electrons. The van der Waals surface area contributed by atoms with Crippen LogP contribution < -0.4 is 20.1 Å². The van der Waals surface area contributed by atoms with E-state index in [0.717, 1.165) is 6.07 Å². The van der Waals surface area contributed by atoms with Gasteiger partial charge < -0.3 is 24.8 Å². The Morgan fingerprint density at radius 3 is 2.48 bits per heavy atom. The van der Waals surface area contributed by atoms with E-state index in [1.165, 1.54) is 38.8 Å². The molecule has 2 atom stereocenters. The van der Waals surface area contributed by atoms with Crippen molar-refractivity contribution >= 4 is 22.8 Å². The third-order valence-corrected chi connectivity index (χ3v) is 5.20. The van der Waals surface area contributed by atoms with Gasteiger partial charge in [-0.25, -0.2) is 18.7 Å². The van der Waals surface area contributed by atoms with Gasteiger partial charge in [-0.15, -0.1) is 0 Å². The zero-order chi connectivity index (χ0) is 23.5. The monoisotopic (exact) mass is 457 g/mol. The maximum absolute atomic E-state index is 14.8. The third kappa shape index (κ3) is 4.40. The number of nitrogens with zero attached hydrogens (tertiary/aromatic N) is 3. The zero-order valence-corrected chi connectivity index (χ0v) is 17.9. The molecular formula is C22H21F2N5O4. The van der Waals surface area contributed by atoms with Gasteiger partial charge >= 0.3 is 0 Å². The van der Waals surface area contributed by atoms with Crippen LogP contribution in [0.1, 0.15) is 0 Å². The molecule has 1 saturated heterocycles. The summed E-state index contributed by atoms with van der Waals surface area (Å²) < 4.78 is 45.1. The van der Waals surface area contributed by atoms with E-state index >= 15 is 0 Å². The average molecular weight is 457 g/mol. The Bertz CT molecular complexity index is 1190. The molecule has 3 heterocycles. The summed E-state index contributed by atoms with van der Waals surface area (Å²) in [6.07, 6.45) is 4.09. The largest absolute Gasteiger partial charge is 0.494 e. The number of hydrogen-bond acceptors (Lipinski definition) is 8. The van der Waals surface area contributed by atoms with Crippen molar-refractivity contribution in [3.05, 3.63) is 48.8 Å². The number of nitrogens with one attached hydrogen (secondary N) is 2. The first-order valence-corrected chi connectivity index (χ1v) is 9.95. The molecule has 11 heteroatoms. The summed E-state index contributed by atoms with van der Waals surface area (Å²) in [6.45, 7) is 4.14. The SMILES string of the molecule is C=CC(=O)N[C@@H]1COC[C@@H]1Nc1ncc2cc(-c3c(F)c(OC)cc(OC)c3F)ncc2n1. The molecule has 1 fully saturated rings. The number of hydrogen-bond donors (Lipinski definition) is 2. The topological polar surface area (TPSA) is 107 Å². The Morgan fingerprint density at radius 2 is 1.82 bits per heavy atom. The van der Waals surface area contributed by atoms with Crippen molar-refractivity contribution in [3.8, 4) is 22.8 Å². The predicted octanol–water partition coefficient (Wildman–Crippen LogP) is 2.47. The first kappa shape index (κ1) is 22.3. The lowest BCUT2D eigenvalue weighted by molar-refractivity contribution is -0.117. The first-order chi connectivity index (χ1) is 15.9. The van der Waals surface area contributed by atoms with Crippen LogP contribution in [0.2, 0.25) is 0 Å². The highest BCUT2D eigenvalue weighted by Gasteiger charge is 2.30. The molecule has 2 aromatic heterocycles. The predicted molar refractivity (Wildman–Crippen MR) is 116 cm³/mol. The smallest absolute Gasteiger partial charge is 0.243 e. The van der Waals surface area contributed by atoms with Crippen LogP contribution in [0.4, 0.5) is 14.7 Å². The van der Waals surface area contributed by atoms with Gasteiger partial charge in [-0.3, -0.25) is 9.78 Å². The minimum atomic E-state index is -0.893. The fourth-order valence-corrected chi connectivity index (χ4v) is 3.50. The summed E-state index contributed by atoms with van der Waals surface area (Å²) in [5, 5.41) is 6.44. The van der Waals surface area contributed by atoms with Crippen molar-refractivity contribution in [1.29, 1.82) is 0 Å². The van der Waals surface area contributed by atoms with Crippen molar-refractivity contribution in [1.82, 2.24) is 20.3 Å². The van der Waals surface area contributed by atoms with Crippen LogP contribution in [-0.2, 0) is 9.53 Å². The quantitative estimate of drug-likeness (QED) is 0.521. The standard InChI is InChI=1S/C22H21F2N5O4/c1-4-18(30)27-14-9-33-10-15(14)29-22-26-7-11-5-12(25-8-13(11)28-22)19-20(23)16(31-2)6-17(32-3)21(19)24/h4-8,14-15H,1,9-10H2,2-3H3,(H,27,30)(H,26,28,29)/t14-,15+/m1/s1. The molecule has 33 heavy (non-hydrogen) atoms. The van der Waals surface area contributed by atoms with E-state index in [4.69, 9.17) is 14.2 Å². The van der Waals surface area contributed by atoms with E-state index in [9.17, 15) is 13.6 Å². The summed E-state index contributed by atoms with van der Waals surface area (Å²) >= 11 is 0. The Kier molecular flexibility index (Phi) is 6.31. The number of rotatable bonds is 7. The molecular weight excluding hydrogens is 436 g/mol. The van der Waals surface area contributed by atoms with E-state index in [2.05, 4.69) is 32.2 Å². The molecule has 0 unspecified atom stereocenters. The number of ether oxygens (including phenoxy) is 3. The average Bonchev–Trinajstić information content (AvgIpc) is 3.25. The number of carbonyl (C=O) groups is 1. The van der Waals surface area contributed by atoms with Gasteiger partial charge in [0.15, 0.2) is 23.1 Å². The number of carbonyl (C=O) groups excluding carboxylic acids is 1. The maximum atomic E-state index is 14.8. The number of anilines is 1. The number of halogens is 2. The summed E-state index contributed by atoms with van der Waals surface area (Å²) in [6, 6.07) is 2.09. The maximum Gasteiger partial charge on any atom is 0.243 e. The number of amides is 1. The van der Waals surface area contributed by atoms with Crippen LogP contribution in [0.3, 0.4) is 0 Å². The molecule has 1 amide bonds. The normalized spacial score (nSPS) is 17.6. The zero-order valence-electron chi connectivity index (χ0n) is 17.9. The van der Waals surface area contributed by atoms with Crippen LogP contribution in [0.5, 0.6) is 11.5 Å². The molecule has 0 spiro atoms. The van der Waals surface area contributed by atoms with Crippen LogP contribution in [-0.4, -0.2) is 60.4 Å². The van der Waals surface area contributed by atoms with E-state index < -0.39 is 11.6 Å². The van der Waals surface area contributed by atoms with Crippen molar-refractivity contribution in [2.45, 2.75) is 12.1 Å². The fraction of sp³-hybridized carbons (Fsp3) is 0.273. The van der Waals surface area contributed by atoms with Crippen LogP contribution in [0.15, 0.2) is 37.2 Å². The molecule has 2 N–H and O–H groups in total. The molecule has 0 aliphatic carbocycles. The molecule has 4 rings (SSSR count).